The van der Waals surface area contributed by atoms with Crippen LogP contribution in [0.3, 0.4) is 0 Å². The Bertz CT molecular complexity index is 929. The second kappa shape index (κ2) is 6.24. The molecule has 3 aromatic rings. The predicted molar refractivity (Wildman–Crippen MR) is 86.0 cm³/mol. The number of methoxy groups -OCH3 is 1. The van der Waals surface area contributed by atoms with Crippen LogP contribution in [0.25, 0.3) is 11.0 Å². The molecular formula is C15H16F3N7O. The van der Waals surface area contributed by atoms with Gasteiger partial charge in [-0.15, -0.1) is 0 Å². The first-order valence-corrected chi connectivity index (χ1v) is 8.07. The number of hydrogen-bond donors (Lipinski definition) is 2. The van der Waals surface area contributed by atoms with Gasteiger partial charge in [-0.1, -0.05) is 0 Å². The number of nitrogens with one attached hydrogen (secondary N) is 2. The lowest BCUT2D eigenvalue weighted by Gasteiger charge is -2.09. The highest BCUT2D eigenvalue weighted by Gasteiger charge is 2.38. The van der Waals surface area contributed by atoms with Crippen LogP contribution in [0.5, 0.6) is 0 Å². The lowest BCUT2D eigenvalue weighted by Crippen LogP contribution is -2.11. The van der Waals surface area contributed by atoms with Gasteiger partial charge in [-0.2, -0.15) is 23.4 Å². The fraction of sp³-hybridized carbons (Fsp3) is 0.467. The van der Waals surface area contributed by atoms with Crippen LogP contribution in [0.2, 0.25) is 0 Å². The van der Waals surface area contributed by atoms with Crippen LogP contribution in [-0.2, 0) is 17.5 Å². The molecule has 1 saturated carbocycles. The second-order valence-corrected chi connectivity index (χ2v) is 6.10. The van der Waals surface area contributed by atoms with Gasteiger partial charge in [0, 0.05) is 19.2 Å². The Morgan fingerprint density at radius 1 is 1.35 bits per heavy atom. The number of fused-ring (bicyclic) bond motifs is 1. The summed E-state index contributed by atoms with van der Waals surface area (Å²) >= 11 is 0. The highest BCUT2D eigenvalue weighted by molar-refractivity contribution is 5.87. The third-order valence-electron chi connectivity index (χ3n) is 4.07. The van der Waals surface area contributed by atoms with Gasteiger partial charge in [0.1, 0.15) is 16.9 Å². The number of H-pyrrole nitrogens is 1. The number of aromatic nitrogens is 6. The highest BCUT2D eigenvalue weighted by Crippen LogP contribution is 2.40. The molecule has 26 heavy (non-hydrogen) atoms. The standard InChI is InChI=1S/C15H16F3N7O/c1-26-5-4-25-7-10(12(24-25)15(16,17)18)21-14-11-9(6-19-23-11)20-13(22-14)8-2-3-8/h6-8H,2-5H2,1H3,(H,19,23)(H,20,21,22). The summed E-state index contributed by atoms with van der Waals surface area (Å²) in [5, 5.41) is 13.0. The number of alkyl halides is 3. The number of aromatic amines is 1. The maximum absolute atomic E-state index is 13.4. The van der Waals surface area contributed by atoms with Crippen LogP contribution in [0.15, 0.2) is 12.4 Å². The van der Waals surface area contributed by atoms with Gasteiger partial charge in [-0.05, 0) is 12.8 Å². The molecule has 11 heteroatoms. The molecule has 3 aromatic heterocycles. The van der Waals surface area contributed by atoms with E-state index in [-0.39, 0.29) is 30.6 Å². The maximum Gasteiger partial charge on any atom is 0.437 e. The zero-order valence-electron chi connectivity index (χ0n) is 13.8. The van der Waals surface area contributed by atoms with Gasteiger partial charge in [-0.3, -0.25) is 9.78 Å². The average molecular weight is 367 g/mol. The van der Waals surface area contributed by atoms with Gasteiger partial charge in [0.15, 0.2) is 11.5 Å². The number of halogens is 3. The van der Waals surface area contributed by atoms with Crippen molar-refractivity contribution >= 4 is 22.5 Å². The number of hydrogen-bond acceptors (Lipinski definition) is 6. The summed E-state index contributed by atoms with van der Waals surface area (Å²) in [7, 11) is 1.47. The molecule has 2 N–H and O–H groups in total. The first-order valence-electron chi connectivity index (χ1n) is 8.07. The van der Waals surface area contributed by atoms with Crippen molar-refractivity contribution in [2.24, 2.45) is 0 Å². The summed E-state index contributed by atoms with van der Waals surface area (Å²) in [6, 6.07) is 0. The number of ether oxygens (including phenoxy) is 1. The molecule has 0 bridgehead atoms. The molecule has 1 fully saturated rings. The topological polar surface area (TPSA) is 93.5 Å². The smallest absolute Gasteiger partial charge is 0.383 e. The fourth-order valence-corrected chi connectivity index (χ4v) is 2.62. The van der Waals surface area contributed by atoms with Crippen molar-refractivity contribution in [2.45, 2.75) is 31.5 Å². The molecule has 3 heterocycles. The van der Waals surface area contributed by atoms with E-state index in [1.165, 1.54) is 24.2 Å². The lowest BCUT2D eigenvalue weighted by molar-refractivity contribution is -0.140. The van der Waals surface area contributed by atoms with Crippen LogP contribution in [0.1, 0.15) is 30.3 Å². The first-order chi connectivity index (χ1) is 12.5. The molecule has 0 atom stereocenters. The van der Waals surface area contributed by atoms with Crippen molar-refractivity contribution in [3.8, 4) is 0 Å². The molecule has 0 aromatic carbocycles. The molecule has 0 unspecified atom stereocenters. The summed E-state index contributed by atoms with van der Waals surface area (Å²) in [4.78, 5) is 8.81. The van der Waals surface area contributed by atoms with Crippen molar-refractivity contribution in [3.05, 3.63) is 23.9 Å². The van der Waals surface area contributed by atoms with E-state index < -0.39 is 11.9 Å². The minimum absolute atomic E-state index is 0.176. The van der Waals surface area contributed by atoms with E-state index in [2.05, 4.69) is 30.6 Å². The zero-order chi connectivity index (χ0) is 18.3. The predicted octanol–water partition coefficient (Wildman–Crippen LogP) is 2.84. The van der Waals surface area contributed by atoms with Gasteiger partial charge in [0.25, 0.3) is 0 Å². The third-order valence-corrected chi connectivity index (χ3v) is 4.07. The summed E-state index contributed by atoms with van der Waals surface area (Å²) in [5.41, 5.74) is -0.172. The molecule has 138 valence electrons. The Morgan fingerprint density at radius 2 is 2.15 bits per heavy atom. The average Bonchev–Trinajstić information content (AvgIpc) is 3.18. The molecule has 0 spiro atoms. The molecule has 1 aliphatic carbocycles. The van der Waals surface area contributed by atoms with Crippen LogP contribution < -0.4 is 5.32 Å². The summed E-state index contributed by atoms with van der Waals surface area (Å²) in [5.74, 6) is 1.12. The number of rotatable bonds is 6. The van der Waals surface area contributed by atoms with E-state index in [0.717, 1.165) is 12.8 Å². The molecule has 1 aliphatic rings. The van der Waals surface area contributed by atoms with Crippen molar-refractivity contribution in [3.63, 3.8) is 0 Å². The summed E-state index contributed by atoms with van der Waals surface area (Å²) < 4.78 is 46.2. The molecule has 8 nitrogen and oxygen atoms in total. The van der Waals surface area contributed by atoms with Crippen molar-refractivity contribution in [1.82, 2.24) is 29.9 Å². The third kappa shape index (κ3) is 3.21. The molecule has 4 rings (SSSR count). The Kier molecular flexibility index (Phi) is 4.02. The number of anilines is 2. The first kappa shape index (κ1) is 16.8. The van der Waals surface area contributed by atoms with E-state index in [1.807, 2.05) is 0 Å². The zero-order valence-corrected chi connectivity index (χ0v) is 13.8. The summed E-state index contributed by atoms with van der Waals surface area (Å²) in [6.45, 7) is 0.459. The Hall–Kier alpha value is -2.69. The van der Waals surface area contributed by atoms with Gasteiger partial charge in [0.2, 0.25) is 0 Å². The van der Waals surface area contributed by atoms with E-state index in [9.17, 15) is 13.2 Å². The summed E-state index contributed by atoms with van der Waals surface area (Å²) in [6.07, 6.45) is 0.181. The van der Waals surface area contributed by atoms with E-state index in [1.54, 1.807) is 0 Å². The second-order valence-electron chi connectivity index (χ2n) is 6.10. The minimum atomic E-state index is -4.60. The Labute approximate surface area is 145 Å². The van der Waals surface area contributed by atoms with Crippen LogP contribution in [0.4, 0.5) is 24.7 Å². The molecule has 0 radical (unpaired) electrons. The lowest BCUT2D eigenvalue weighted by atomic mass is 10.3. The van der Waals surface area contributed by atoms with Crippen molar-refractivity contribution < 1.29 is 17.9 Å². The Balaban J connectivity index is 1.73. The van der Waals surface area contributed by atoms with Crippen molar-refractivity contribution in [1.29, 1.82) is 0 Å². The van der Waals surface area contributed by atoms with E-state index >= 15 is 0 Å². The van der Waals surface area contributed by atoms with Gasteiger partial charge < -0.3 is 10.1 Å². The van der Waals surface area contributed by atoms with Crippen LogP contribution in [0, 0.1) is 0 Å². The molecular weight excluding hydrogens is 351 g/mol. The largest absolute Gasteiger partial charge is 0.437 e. The van der Waals surface area contributed by atoms with Gasteiger partial charge in [-0.25, -0.2) is 9.97 Å². The van der Waals surface area contributed by atoms with Crippen LogP contribution >= 0.6 is 0 Å². The van der Waals surface area contributed by atoms with Gasteiger partial charge >= 0.3 is 6.18 Å². The van der Waals surface area contributed by atoms with Crippen LogP contribution in [-0.4, -0.2) is 43.7 Å². The normalized spacial score (nSPS) is 14.9. The van der Waals surface area contributed by atoms with E-state index in [0.29, 0.717) is 16.9 Å². The molecule has 0 saturated heterocycles. The minimum Gasteiger partial charge on any atom is -0.383 e. The SMILES string of the molecule is COCCn1cc(Nc2nc(C3CC3)nc3cn[nH]c23)c(C(F)(F)F)n1. The quantitative estimate of drug-likeness (QED) is 0.696. The fourth-order valence-electron chi connectivity index (χ4n) is 2.62. The van der Waals surface area contributed by atoms with Gasteiger partial charge in [0.05, 0.1) is 25.0 Å². The molecule has 0 aliphatic heterocycles. The Morgan fingerprint density at radius 3 is 2.85 bits per heavy atom. The monoisotopic (exact) mass is 367 g/mol. The van der Waals surface area contributed by atoms with Crippen molar-refractivity contribution in [2.75, 3.05) is 19.0 Å². The maximum atomic E-state index is 13.4. The highest BCUT2D eigenvalue weighted by atomic mass is 19.4. The number of nitrogens with zero attached hydrogens (tertiary/aromatic N) is 5. The van der Waals surface area contributed by atoms with E-state index in [4.69, 9.17) is 4.74 Å². The molecule has 0 amide bonds.